The van der Waals surface area contributed by atoms with Gasteiger partial charge in [-0.3, -0.25) is 15.3 Å². The highest BCUT2D eigenvalue weighted by Gasteiger charge is 2.18. The molecule has 0 fully saturated rings. The minimum Gasteiger partial charge on any atom is -0.507 e. The molecule has 0 saturated carbocycles. The second-order valence-corrected chi connectivity index (χ2v) is 5.84. The summed E-state index contributed by atoms with van der Waals surface area (Å²) in [4.78, 5) is 11.2. The first kappa shape index (κ1) is 19.1. The predicted molar refractivity (Wildman–Crippen MR) is 101 cm³/mol. The molecule has 1 amide bonds. The molecular weight excluding hydrogens is 364 g/mol. The van der Waals surface area contributed by atoms with E-state index in [2.05, 4.69) is 10.2 Å². The number of amides is 1. The largest absolute Gasteiger partial charge is 0.507 e. The van der Waals surface area contributed by atoms with Crippen LogP contribution in [0.2, 0.25) is 0 Å². The van der Waals surface area contributed by atoms with E-state index in [4.69, 9.17) is 20.1 Å². The lowest BCUT2D eigenvalue weighted by atomic mass is 10.1. The van der Waals surface area contributed by atoms with Crippen molar-refractivity contribution in [3.05, 3.63) is 48.2 Å². The van der Waals surface area contributed by atoms with E-state index < -0.39 is 5.91 Å². The summed E-state index contributed by atoms with van der Waals surface area (Å²) in [5.74, 6) is 6.56. The maximum atomic E-state index is 11.2. The molecule has 9 heteroatoms. The quantitative estimate of drug-likeness (QED) is 0.279. The van der Waals surface area contributed by atoms with Gasteiger partial charge < -0.3 is 19.3 Å². The van der Waals surface area contributed by atoms with Crippen LogP contribution in [0.15, 0.2) is 42.5 Å². The Labute approximate surface area is 161 Å². The highest BCUT2D eigenvalue weighted by atomic mass is 16.5. The van der Waals surface area contributed by atoms with Crippen molar-refractivity contribution >= 4 is 5.91 Å². The number of H-pyrrole nitrogens is 1. The Balaban J connectivity index is 1.84. The number of carbonyl (C=O) groups excluding carboxylic acids is 1. The molecule has 0 saturated heterocycles. The number of phenols is 1. The van der Waals surface area contributed by atoms with Gasteiger partial charge in [0.2, 0.25) is 0 Å². The van der Waals surface area contributed by atoms with E-state index in [0.29, 0.717) is 39.9 Å². The lowest BCUT2D eigenvalue weighted by Crippen LogP contribution is -2.34. The zero-order chi connectivity index (χ0) is 20.1. The Morgan fingerprint density at radius 3 is 2.50 bits per heavy atom. The average molecular weight is 384 g/mol. The van der Waals surface area contributed by atoms with Gasteiger partial charge in [0.05, 0.1) is 12.8 Å². The van der Waals surface area contributed by atoms with E-state index in [1.54, 1.807) is 43.5 Å². The van der Waals surface area contributed by atoms with Crippen LogP contribution in [0.4, 0.5) is 0 Å². The van der Waals surface area contributed by atoms with Crippen LogP contribution in [0.5, 0.6) is 28.7 Å². The molecule has 0 aliphatic rings. The van der Waals surface area contributed by atoms with Gasteiger partial charge in [-0.2, -0.15) is 5.10 Å². The summed E-state index contributed by atoms with van der Waals surface area (Å²) < 4.78 is 16.4. The topological polar surface area (TPSA) is 132 Å². The van der Waals surface area contributed by atoms with Crippen molar-refractivity contribution in [2.45, 2.75) is 6.92 Å². The molecular formula is C19H20N4O5. The number of ether oxygens (including phenoxy) is 3. The van der Waals surface area contributed by atoms with Gasteiger partial charge in [-0.15, -0.1) is 0 Å². The number of aryl methyl sites for hydroxylation is 1. The molecule has 1 aromatic heterocycles. The fourth-order valence-electron chi connectivity index (χ4n) is 2.48. The van der Waals surface area contributed by atoms with Gasteiger partial charge in [-0.1, -0.05) is 0 Å². The molecule has 146 valence electrons. The summed E-state index contributed by atoms with van der Waals surface area (Å²) in [5.41, 5.74) is 3.55. The number of nitrogens with two attached hydrogens (primary N) is 1. The van der Waals surface area contributed by atoms with Crippen molar-refractivity contribution in [3.63, 3.8) is 0 Å². The summed E-state index contributed by atoms with van der Waals surface area (Å²) in [6.07, 6.45) is 0. The summed E-state index contributed by atoms with van der Waals surface area (Å²) in [6.45, 7) is 1.55. The van der Waals surface area contributed by atoms with Crippen LogP contribution >= 0.6 is 0 Å². The summed E-state index contributed by atoms with van der Waals surface area (Å²) in [5, 5.41) is 17.5. The normalized spacial score (nSPS) is 10.4. The molecule has 2 aromatic carbocycles. The van der Waals surface area contributed by atoms with Gasteiger partial charge in [0.1, 0.15) is 28.7 Å². The smallest absolute Gasteiger partial charge is 0.271 e. The van der Waals surface area contributed by atoms with Crippen LogP contribution in [0.1, 0.15) is 5.69 Å². The molecule has 5 N–H and O–H groups in total. The van der Waals surface area contributed by atoms with Gasteiger partial charge in [0, 0.05) is 11.6 Å². The minimum absolute atomic E-state index is 0.0725. The number of methoxy groups -OCH3 is 1. The maximum Gasteiger partial charge on any atom is 0.271 e. The molecule has 0 radical (unpaired) electrons. The van der Waals surface area contributed by atoms with Crippen LogP contribution in [0.3, 0.4) is 0 Å². The lowest BCUT2D eigenvalue weighted by Gasteiger charge is -2.10. The van der Waals surface area contributed by atoms with Crippen LogP contribution in [-0.4, -0.2) is 34.9 Å². The van der Waals surface area contributed by atoms with E-state index in [9.17, 15) is 9.90 Å². The predicted octanol–water partition coefficient (Wildman–Crippen LogP) is 2.26. The highest BCUT2D eigenvalue weighted by Crippen LogP contribution is 2.39. The monoisotopic (exact) mass is 384 g/mol. The van der Waals surface area contributed by atoms with Crippen molar-refractivity contribution < 1.29 is 24.1 Å². The number of nitrogens with one attached hydrogen (secondary N) is 2. The van der Waals surface area contributed by atoms with Gasteiger partial charge in [0.25, 0.3) is 5.91 Å². The highest BCUT2D eigenvalue weighted by molar-refractivity contribution is 5.77. The van der Waals surface area contributed by atoms with Crippen molar-refractivity contribution in [1.82, 2.24) is 15.6 Å². The summed E-state index contributed by atoms with van der Waals surface area (Å²) in [6, 6.07) is 11.7. The van der Waals surface area contributed by atoms with Crippen molar-refractivity contribution in [2.75, 3.05) is 13.7 Å². The molecule has 1 heterocycles. The second kappa shape index (κ2) is 8.31. The van der Waals surface area contributed by atoms with E-state index in [1.807, 2.05) is 12.3 Å². The fourth-order valence-corrected chi connectivity index (χ4v) is 2.48. The average Bonchev–Trinajstić information content (AvgIpc) is 3.07. The lowest BCUT2D eigenvalue weighted by molar-refractivity contribution is -0.123. The van der Waals surface area contributed by atoms with E-state index in [-0.39, 0.29) is 12.4 Å². The fraction of sp³-hybridized carbons (Fsp3) is 0.158. The Hall–Kier alpha value is -3.72. The third kappa shape index (κ3) is 4.15. The summed E-state index contributed by atoms with van der Waals surface area (Å²) in [7, 11) is 1.59. The van der Waals surface area contributed by atoms with E-state index in [1.165, 1.54) is 6.07 Å². The standard InChI is InChI=1S/C19H20N4O5/c1-11-19(28-13-5-3-12(26-2)4-6-13)18(23-22-11)15-8-7-14(9-16(15)24)27-10-17(25)21-20/h3-9,24H,10,20H2,1-2H3,(H,21,25)(H,22,23). The van der Waals surface area contributed by atoms with Crippen LogP contribution < -0.4 is 25.5 Å². The van der Waals surface area contributed by atoms with Crippen molar-refractivity contribution in [1.29, 1.82) is 0 Å². The van der Waals surface area contributed by atoms with Crippen LogP contribution in [0.25, 0.3) is 11.3 Å². The first-order valence-electron chi connectivity index (χ1n) is 8.34. The number of rotatable bonds is 7. The van der Waals surface area contributed by atoms with Crippen molar-refractivity contribution in [2.24, 2.45) is 5.84 Å². The van der Waals surface area contributed by atoms with Crippen molar-refractivity contribution in [3.8, 4) is 40.0 Å². The van der Waals surface area contributed by atoms with E-state index in [0.717, 1.165) is 0 Å². The number of nitrogens with zero attached hydrogens (tertiary/aromatic N) is 1. The number of hydrazine groups is 1. The number of hydrogen-bond acceptors (Lipinski definition) is 7. The number of phenolic OH excluding ortho intramolecular Hbond substituents is 1. The van der Waals surface area contributed by atoms with Gasteiger partial charge >= 0.3 is 0 Å². The van der Waals surface area contributed by atoms with Gasteiger partial charge in [0.15, 0.2) is 12.4 Å². The summed E-state index contributed by atoms with van der Waals surface area (Å²) >= 11 is 0. The Kier molecular flexibility index (Phi) is 5.66. The molecule has 3 aromatic rings. The number of carbonyl (C=O) groups is 1. The molecule has 0 bridgehead atoms. The zero-order valence-electron chi connectivity index (χ0n) is 15.4. The van der Waals surface area contributed by atoms with Crippen LogP contribution in [-0.2, 0) is 4.79 Å². The molecule has 0 spiro atoms. The molecule has 0 unspecified atom stereocenters. The van der Waals surface area contributed by atoms with E-state index >= 15 is 0 Å². The molecule has 0 aliphatic carbocycles. The molecule has 3 rings (SSSR count). The molecule has 0 aliphatic heterocycles. The zero-order valence-corrected chi connectivity index (χ0v) is 15.4. The first-order valence-corrected chi connectivity index (χ1v) is 8.34. The third-order valence-electron chi connectivity index (χ3n) is 3.93. The first-order chi connectivity index (χ1) is 13.5. The van der Waals surface area contributed by atoms with Crippen LogP contribution in [0, 0.1) is 6.92 Å². The van der Waals surface area contributed by atoms with Gasteiger partial charge in [-0.05, 0) is 43.3 Å². The molecule has 28 heavy (non-hydrogen) atoms. The Morgan fingerprint density at radius 1 is 1.18 bits per heavy atom. The Morgan fingerprint density at radius 2 is 1.86 bits per heavy atom. The Bertz CT molecular complexity index is 969. The molecule has 0 atom stereocenters. The number of aromatic hydroxyl groups is 1. The number of benzene rings is 2. The van der Waals surface area contributed by atoms with Gasteiger partial charge in [-0.25, -0.2) is 5.84 Å². The minimum atomic E-state index is -0.485. The third-order valence-corrected chi connectivity index (χ3v) is 3.93. The maximum absolute atomic E-state index is 11.2. The SMILES string of the molecule is COc1ccc(Oc2c(-c3ccc(OCC(=O)NN)cc3O)n[nH]c2C)cc1. The molecule has 9 nitrogen and oxygen atoms in total. The number of aromatic amines is 1. The number of hydrogen-bond donors (Lipinski definition) is 4. The second-order valence-electron chi connectivity index (χ2n) is 5.84. The number of aromatic nitrogens is 2.